The fraction of sp³-hybridized carbons (Fsp3) is 0.531. The highest BCUT2D eigenvalue weighted by molar-refractivity contribution is 5.88. The van der Waals surface area contributed by atoms with Crippen molar-refractivity contribution in [2.24, 2.45) is 0 Å². The minimum atomic E-state index is -1.86. The van der Waals surface area contributed by atoms with Crippen LogP contribution >= 0.6 is 0 Å². The lowest BCUT2D eigenvalue weighted by molar-refractivity contribution is -0.341. The normalized spacial score (nSPS) is 36.8. The molecule has 286 valence electrons. The Balaban J connectivity index is 1.41. The Hall–Kier alpha value is -4.03. The molecule has 2 aromatic carbocycles. The number of rotatable bonds is 7. The molecule has 0 amide bonds. The number of aliphatic hydroxyl groups is 8. The molecule has 1 aromatic heterocycles. The van der Waals surface area contributed by atoms with Gasteiger partial charge < -0.3 is 94.1 Å². The van der Waals surface area contributed by atoms with E-state index in [2.05, 4.69) is 0 Å². The third kappa shape index (κ3) is 6.79. The van der Waals surface area contributed by atoms with Crippen molar-refractivity contribution in [3.63, 3.8) is 0 Å². The van der Waals surface area contributed by atoms with E-state index in [0.29, 0.717) is 0 Å². The largest absolute Gasteiger partial charge is 0.508 e. The predicted molar refractivity (Wildman–Crippen MR) is 167 cm³/mol. The van der Waals surface area contributed by atoms with Gasteiger partial charge in [-0.15, -0.1) is 0 Å². The first kappa shape index (κ1) is 37.7. The standard InChI is InChI=1S/C32H38O20/c1-8-18(38)22(42)25(45)31(47-8)50-27-13(35)3-10(4-14(27)36)26-28(21(41)17-12(34)5-11(33)6-16(17)49-26)51-32-29(23(43)19(39)9(2)48-32)52-30-24(44)20(40)15(37)7-46-30/h3-6,8-9,15,18-20,22-25,29-40,42-45H,7H2,1-2H3. The minimum absolute atomic E-state index is 0.307. The Morgan fingerprint density at radius 1 is 0.635 bits per heavy atom. The monoisotopic (exact) mass is 742 g/mol. The maximum Gasteiger partial charge on any atom is 0.239 e. The lowest BCUT2D eigenvalue weighted by atomic mass is 9.99. The molecule has 3 aromatic rings. The Morgan fingerprint density at radius 2 is 1.21 bits per heavy atom. The lowest BCUT2D eigenvalue weighted by Crippen LogP contribution is -2.62. The molecule has 20 heteroatoms. The molecular formula is C32H38O20. The summed E-state index contributed by atoms with van der Waals surface area (Å²) in [6.07, 6.45) is -22.8. The van der Waals surface area contributed by atoms with Crippen molar-refractivity contribution in [2.45, 2.75) is 99.9 Å². The third-order valence-corrected chi connectivity index (χ3v) is 9.04. The summed E-state index contributed by atoms with van der Waals surface area (Å²) in [7, 11) is 0. The summed E-state index contributed by atoms with van der Waals surface area (Å²) < 4.78 is 39.2. The van der Waals surface area contributed by atoms with Crippen LogP contribution in [0.1, 0.15) is 13.8 Å². The first-order chi connectivity index (χ1) is 24.5. The highest BCUT2D eigenvalue weighted by atomic mass is 16.8. The van der Waals surface area contributed by atoms with Gasteiger partial charge in [-0.25, -0.2) is 0 Å². The summed E-state index contributed by atoms with van der Waals surface area (Å²) in [5.74, 6) is -5.00. The van der Waals surface area contributed by atoms with Crippen LogP contribution in [0.5, 0.6) is 34.5 Å². The molecule has 12 N–H and O–H groups in total. The number of aromatic hydroxyl groups is 4. The first-order valence-corrected chi connectivity index (χ1v) is 15.9. The molecular weight excluding hydrogens is 704 g/mol. The molecule has 0 radical (unpaired) electrons. The second-order valence-electron chi connectivity index (χ2n) is 12.7. The summed E-state index contributed by atoms with van der Waals surface area (Å²) >= 11 is 0. The van der Waals surface area contributed by atoms with Crippen LogP contribution in [0.25, 0.3) is 22.3 Å². The Bertz CT molecular complexity index is 1810. The van der Waals surface area contributed by atoms with E-state index in [0.717, 1.165) is 24.3 Å². The number of hydrogen-bond acceptors (Lipinski definition) is 20. The van der Waals surface area contributed by atoms with Gasteiger partial charge in [0.15, 0.2) is 29.7 Å². The van der Waals surface area contributed by atoms with E-state index >= 15 is 0 Å². The van der Waals surface area contributed by atoms with Gasteiger partial charge in [0.25, 0.3) is 0 Å². The van der Waals surface area contributed by atoms with Crippen LogP contribution in [0, 0.1) is 0 Å². The molecule has 52 heavy (non-hydrogen) atoms. The molecule has 14 atom stereocenters. The van der Waals surface area contributed by atoms with Crippen molar-refractivity contribution >= 4 is 11.0 Å². The fourth-order valence-corrected chi connectivity index (χ4v) is 6.05. The van der Waals surface area contributed by atoms with Gasteiger partial charge in [-0.05, 0) is 26.0 Å². The smallest absolute Gasteiger partial charge is 0.239 e. The number of benzene rings is 2. The second-order valence-corrected chi connectivity index (χ2v) is 12.7. The van der Waals surface area contributed by atoms with Gasteiger partial charge in [-0.3, -0.25) is 4.79 Å². The van der Waals surface area contributed by atoms with Gasteiger partial charge >= 0.3 is 0 Å². The molecule has 3 fully saturated rings. The molecule has 0 aliphatic carbocycles. The van der Waals surface area contributed by atoms with Gasteiger partial charge in [0, 0.05) is 17.7 Å². The Kier molecular flexibility index (Phi) is 10.5. The maximum atomic E-state index is 14.0. The van der Waals surface area contributed by atoms with Crippen molar-refractivity contribution in [3.05, 3.63) is 34.5 Å². The molecule has 0 bridgehead atoms. The summed E-state index contributed by atoms with van der Waals surface area (Å²) in [6.45, 7) is 2.22. The number of hydrogen-bond donors (Lipinski definition) is 12. The molecule has 0 spiro atoms. The van der Waals surface area contributed by atoms with Crippen molar-refractivity contribution < 1.29 is 94.1 Å². The quantitative estimate of drug-likeness (QED) is 0.116. The van der Waals surface area contributed by atoms with E-state index in [1.807, 2.05) is 0 Å². The summed E-state index contributed by atoms with van der Waals surface area (Å²) in [5, 5.41) is 125. The van der Waals surface area contributed by atoms with E-state index in [4.69, 9.17) is 32.8 Å². The SMILES string of the molecule is CC1OC(Oc2c(O)cc(-c3oc4cc(O)cc(O)c4c(=O)c3OC3OC(C)C(O)C(O)C3OC3OCC(O)C(O)C3O)cc2O)C(O)C(O)C1O. The molecule has 14 unspecified atom stereocenters. The van der Waals surface area contributed by atoms with Crippen molar-refractivity contribution in [1.29, 1.82) is 0 Å². The number of aliphatic hydroxyl groups excluding tert-OH is 8. The lowest BCUT2D eigenvalue weighted by Gasteiger charge is -2.44. The molecule has 0 saturated carbocycles. The van der Waals surface area contributed by atoms with E-state index in [1.165, 1.54) is 13.8 Å². The molecule has 3 aliphatic rings. The Labute approximate surface area is 292 Å². The van der Waals surface area contributed by atoms with Gasteiger partial charge in [-0.1, -0.05) is 0 Å². The van der Waals surface area contributed by atoms with E-state index < -0.39 is 149 Å². The minimum Gasteiger partial charge on any atom is -0.508 e. The zero-order chi connectivity index (χ0) is 37.9. The van der Waals surface area contributed by atoms with Crippen LogP contribution in [-0.2, 0) is 18.9 Å². The molecule has 6 rings (SSSR count). The number of fused-ring (bicyclic) bond motifs is 1. The summed E-state index contributed by atoms with van der Waals surface area (Å²) in [4.78, 5) is 14.0. The zero-order valence-corrected chi connectivity index (χ0v) is 27.2. The average molecular weight is 743 g/mol. The van der Waals surface area contributed by atoms with Crippen LogP contribution in [0.4, 0.5) is 0 Å². The average Bonchev–Trinajstić information content (AvgIpc) is 3.08. The van der Waals surface area contributed by atoms with Crippen LogP contribution in [0.3, 0.4) is 0 Å². The first-order valence-electron chi connectivity index (χ1n) is 15.9. The predicted octanol–water partition coefficient (Wildman–Crippen LogP) is -2.84. The highest BCUT2D eigenvalue weighted by Gasteiger charge is 2.50. The van der Waals surface area contributed by atoms with Gasteiger partial charge in [-0.2, -0.15) is 0 Å². The van der Waals surface area contributed by atoms with Crippen LogP contribution in [-0.4, -0.2) is 154 Å². The van der Waals surface area contributed by atoms with Crippen molar-refractivity contribution in [1.82, 2.24) is 0 Å². The summed E-state index contributed by atoms with van der Waals surface area (Å²) in [5.41, 5.74) is -1.83. The zero-order valence-electron chi connectivity index (χ0n) is 27.2. The molecule has 3 saturated heterocycles. The fourth-order valence-electron chi connectivity index (χ4n) is 6.05. The van der Waals surface area contributed by atoms with Gasteiger partial charge in [0.2, 0.25) is 29.5 Å². The topological polar surface area (TPSA) is 328 Å². The maximum absolute atomic E-state index is 14.0. The molecule has 4 heterocycles. The number of ether oxygens (including phenoxy) is 6. The van der Waals surface area contributed by atoms with Crippen molar-refractivity contribution in [3.8, 4) is 45.8 Å². The number of phenolic OH excluding ortho intramolecular Hbond substituents is 4. The second kappa shape index (κ2) is 14.4. The van der Waals surface area contributed by atoms with Gasteiger partial charge in [0.1, 0.15) is 71.3 Å². The van der Waals surface area contributed by atoms with E-state index in [9.17, 15) is 66.1 Å². The third-order valence-electron chi connectivity index (χ3n) is 9.04. The Morgan fingerprint density at radius 3 is 1.87 bits per heavy atom. The number of phenols is 4. The molecule has 3 aliphatic heterocycles. The van der Waals surface area contributed by atoms with Gasteiger partial charge in [0.05, 0.1) is 18.8 Å². The van der Waals surface area contributed by atoms with Crippen molar-refractivity contribution in [2.75, 3.05) is 6.61 Å². The van der Waals surface area contributed by atoms with Crippen LogP contribution in [0.2, 0.25) is 0 Å². The van der Waals surface area contributed by atoms with E-state index in [-0.39, 0.29) is 5.56 Å². The van der Waals surface area contributed by atoms with Crippen LogP contribution < -0.4 is 14.9 Å². The van der Waals surface area contributed by atoms with Crippen LogP contribution in [0.15, 0.2) is 33.5 Å². The highest BCUT2D eigenvalue weighted by Crippen LogP contribution is 2.45. The summed E-state index contributed by atoms with van der Waals surface area (Å²) in [6, 6.07) is 3.62. The van der Waals surface area contributed by atoms with E-state index in [1.54, 1.807) is 0 Å². The molecule has 20 nitrogen and oxygen atoms in total.